The molecule has 0 aliphatic heterocycles. The van der Waals surface area contributed by atoms with Crippen LogP contribution in [0.4, 0.5) is 0 Å². The molecule has 1 unspecified atom stereocenters. The molecule has 2 rings (SSSR count). The van der Waals surface area contributed by atoms with Gasteiger partial charge in [-0.15, -0.1) is 0 Å². The molecule has 2 aromatic rings. The predicted molar refractivity (Wildman–Crippen MR) is 95.2 cm³/mol. The van der Waals surface area contributed by atoms with E-state index in [-0.39, 0.29) is 5.75 Å². The Hall–Kier alpha value is -1.76. The van der Waals surface area contributed by atoms with Gasteiger partial charge in [-0.05, 0) is 42.8 Å². The van der Waals surface area contributed by atoms with Crippen LogP contribution in [0.15, 0.2) is 42.5 Å². The molecule has 0 bridgehead atoms. The van der Waals surface area contributed by atoms with E-state index in [0.717, 1.165) is 0 Å². The van der Waals surface area contributed by atoms with Gasteiger partial charge < -0.3 is 9.47 Å². The Kier molecular flexibility index (Phi) is 6.10. The van der Waals surface area contributed by atoms with Crippen molar-refractivity contribution in [3.8, 4) is 11.5 Å². The van der Waals surface area contributed by atoms with Gasteiger partial charge in [0, 0.05) is 16.6 Å². The second kappa shape index (κ2) is 7.88. The van der Waals surface area contributed by atoms with Crippen LogP contribution in [0.3, 0.4) is 0 Å². The predicted octanol–water partition coefficient (Wildman–Crippen LogP) is 3.54. The lowest BCUT2D eigenvalue weighted by molar-refractivity contribution is 0.395. The molecule has 7 heteroatoms. The normalized spacial score (nSPS) is 12.7. The topological polar surface area (TPSA) is 64.6 Å². The molecule has 0 radical (unpaired) electrons. The van der Waals surface area contributed by atoms with Gasteiger partial charge in [-0.1, -0.05) is 23.7 Å². The summed E-state index contributed by atoms with van der Waals surface area (Å²) in [5, 5.41) is 0.505. The average molecular weight is 370 g/mol. The number of methoxy groups -OCH3 is 2. The van der Waals surface area contributed by atoms with Crippen LogP contribution in [0, 0.1) is 0 Å². The molecule has 0 spiro atoms. The Labute approximate surface area is 147 Å². The van der Waals surface area contributed by atoms with Gasteiger partial charge in [-0.3, -0.25) is 0 Å². The van der Waals surface area contributed by atoms with Crippen molar-refractivity contribution >= 4 is 21.6 Å². The zero-order chi connectivity index (χ0) is 17.7. The minimum atomic E-state index is -3.55. The van der Waals surface area contributed by atoms with Gasteiger partial charge >= 0.3 is 0 Å². The van der Waals surface area contributed by atoms with Crippen molar-refractivity contribution < 1.29 is 17.9 Å². The maximum absolute atomic E-state index is 12.4. The SMILES string of the molecule is COc1ccc(OC)c(C(C)NS(=O)(=O)Cc2cccc(Cl)c2)c1. The lowest BCUT2D eigenvalue weighted by Crippen LogP contribution is -2.28. The third kappa shape index (κ3) is 4.87. The van der Waals surface area contributed by atoms with Crippen LogP contribution < -0.4 is 14.2 Å². The highest BCUT2D eigenvalue weighted by atomic mass is 35.5. The molecule has 130 valence electrons. The summed E-state index contributed by atoms with van der Waals surface area (Å²) in [5.41, 5.74) is 1.33. The zero-order valence-electron chi connectivity index (χ0n) is 13.7. The van der Waals surface area contributed by atoms with Gasteiger partial charge in [-0.2, -0.15) is 0 Å². The minimum absolute atomic E-state index is 0.149. The van der Waals surface area contributed by atoms with Gasteiger partial charge in [0.15, 0.2) is 0 Å². The van der Waals surface area contributed by atoms with E-state index in [0.29, 0.717) is 27.6 Å². The molecular weight excluding hydrogens is 350 g/mol. The molecule has 0 saturated carbocycles. The van der Waals surface area contributed by atoms with E-state index in [9.17, 15) is 8.42 Å². The van der Waals surface area contributed by atoms with E-state index < -0.39 is 16.1 Å². The quantitative estimate of drug-likeness (QED) is 0.810. The van der Waals surface area contributed by atoms with Gasteiger partial charge in [0.2, 0.25) is 10.0 Å². The number of halogens is 1. The number of sulfonamides is 1. The van der Waals surface area contributed by atoms with Crippen LogP contribution in [0.5, 0.6) is 11.5 Å². The van der Waals surface area contributed by atoms with Gasteiger partial charge in [0.1, 0.15) is 11.5 Å². The first-order chi connectivity index (χ1) is 11.3. The second-order valence-electron chi connectivity index (χ2n) is 5.34. The highest BCUT2D eigenvalue weighted by Gasteiger charge is 2.20. The first-order valence-corrected chi connectivity index (χ1v) is 9.34. The number of hydrogen-bond acceptors (Lipinski definition) is 4. The van der Waals surface area contributed by atoms with E-state index in [4.69, 9.17) is 21.1 Å². The molecule has 5 nitrogen and oxygen atoms in total. The van der Waals surface area contributed by atoms with E-state index in [1.54, 1.807) is 63.6 Å². The molecule has 1 atom stereocenters. The van der Waals surface area contributed by atoms with Crippen molar-refractivity contribution in [2.75, 3.05) is 14.2 Å². The van der Waals surface area contributed by atoms with Crippen LogP contribution in [0.25, 0.3) is 0 Å². The molecule has 0 heterocycles. The average Bonchev–Trinajstić information content (AvgIpc) is 2.53. The summed E-state index contributed by atoms with van der Waals surface area (Å²) in [4.78, 5) is 0. The lowest BCUT2D eigenvalue weighted by Gasteiger charge is -2.18. The maximum Gasteiger partial charge on any atom is 0.216 e. The maximum atomic E-state index is 12.4. The summed E-state index contributed by atoms with van der Waals surface area (Å²) in [6.07, 6.45) is 0. The molecule has 0 saturated heterocycles. The number of ether oxygens (including phenoxy) is 2. The largest absolute Gasteiger partial charge is 0.497 e. The summed E-state index contributed by atoms with van der Waals surface area (Å²) < 4.78 is 38.0. The van der Waals surface area contributed by atoms with Crippen molar-refractivity contribution in [1.82, 2.24) is 4.72 Å². The number of benzene rings is 2. The van der Waals surface area contributed by atoms with Gasteiger partial charge in [0.05, 0.1) is 20.0 Å². The molecule has 2 aromatic carbocycles. The Morgan fingerprint density at radius 1 is 1.12 bits per heavy atom. The summed E-state index contributed by atoms with van der Waals surface area (Å²) in [6.45, 7) is 1.76. The number of rotatable bonds is 7. The standard InChI is InChI=1S/C17H20ClNO4S/c1-12(16-10-15(22-2)7-8-17(16)23-3)19-24(20,21)11-13-5-4-6-14(18)9-13/h4-10,12,19H,11H2,1-3H3. The van der Waals surface area contributed by atoms with E-state index in [1.165, 1.54) is 0 Å². The molecule has 0 aliphatic carbocycles. The van der Waals surface area contributed by atoms with Crippen LogP contribution in [0.1, 0.15) is 24.1 Å². The van der Waals surface area contributed by atoms with Gasteiger partial charge in [-0.25, -0.2) is 13.1 Å². The fraction of sp³-hybridized carbons (Fsp3) is 0.294. The lowest BCUT2D eigenvalue weighted by atomic mass is 10.1. The van der Waals surface area contributed by atoms with E-state index in [2.05, 4.69) is 4.72 Å². The van der Waals surface area contributed by atoms with Crippen molar-refractivity contribution in [2.45, 2.75) is 18.7 Å². The Morgan fingerprint density at radius 2 is 1.88 bits per heavy atom. The minimum Gasteiger partial charge on any atom is -0.497 e. The fourth-order valence-electron chi connectivity index (χ4n) is 2.40. The molecule has 0 aromatic heterocycles. The summed E-state index contributed by atoms with van der Waals surface area (Å²) in [6, 6.07) is 11.6. The highest BCUT2D eigenvalue weighted by Crippen LogP contribution is 2.29. The number of nitrogens with one attached hydrogen (secondary N) is 1. The third-order valence-electron chi connectivity index (χ3n) is 3.51. The molecular formula is C17H20ClNO4S. The molecule has 0 aliphatic rings. The van der Waals surface area contributed by atoms with E-state index >= 15 is 0 Å². The fourth-order valence-corrected chi connectivity index (χ4v) is 3.98. The van der Waals surface area contributed by atoms with Crippen LogP contribution in [-0.2, 0) is 15.8 Å². The Bertz CT molecular complexity index is 808. The summed E-state index contributed by atoms with van der Waals surface area (Å²) in [5.74, 6) is 1.07. The Balaban J connectivity index is 2.20. The van der Waals surface area contributed by atoms with Crippen molar-refractivity contribution in [2.24, 2.45) is 0 Å². The first kappa shape index (κ1) is 18.6. The molecule has 0 fully saturated rings. The first-order valence-electron chi connectivity index (χ1n) is 7.31. The van der Waals surface area contributed by atoms with Gasteiger partial charge in [0.25, 0.3) is 0 Å². The highest BCUT2D eigenvalue weighted by molar-refractivity contribution is 7.88. The smallest absolute Gasteiger partial charge is 0.216 e. The monoisotopic (exact) mass is 369 g/mol. The Morgan fingerprint density at radius 3 is 2.50 bits per heavy atom. The molecule has 0 amide bonds. The molecule has 1 N–H and O–H groups in total. The zero-order valence-corrected chi connectivity index (χ0v) is 15.3. The van der Waals surface area contributed by atoms with Crippen molar-refractivity contribution in [1.29, 1.82) is 0 Å². The summed E-state index contributed by atoms with van der Waals surface area (Å²) >= 11 is 5.90. The number of hydrogen-bond donors (Lipinski definition) is 1. The third-order valence-corrected chi connectivity index (χ3v) is 5.17. The summed E-state index contributed by atoms with van der Waals surface area (Å²) in [7, 11) is -0.453. The van der Waals surface area contributed by atoms with Crippen LogP contribution in [-0.4, -0.2) is 22.6 Å². The van der Waals surface area contributed by atoms with Crippen molar-refractivity contribution in [3.63, 3.8) is 0 Å². The second-order valence-corrected chi connectivity index (χ2v) is 7.53. The van der Waals surface area contributed by atoms with Crippen LogP contribution >= 0.6 is 11.6 Å². The molecule has 24 heavy (non-hydrogen) atoms. The van der Waals surface area contributed by atoms with E-state index in [1.807, 2.05) is 0 Å². The van der Waals surface area contributed by atoms with Crippen LogP contribution in [0.2, 0.25) is 5.02 Å². The van der Waals surface area contributed by atoms with Crippen molar-refractivity contribution in [3.05, 3.63) is 58.6 Å².